The van der Waals surface area contributed by atoms with Gasteiger partial charge in [0.15, 0.2) is 22.6 Å². The van der Waals surface area contributed by atoms with E-state index in [1.807, 2.05) is 43.4 Å². The topological polar surface area (TPSA) is 229 Å². The highest BCUT2D eigenvalue weighted by Crippen LogP contribution is 2.70. The fourth-order valence-corrected chi connectivity index (χ4v) is 17.3. The first-order chi connectivity index (χ1) is 32.6. The minimum atomic E-state index is -3.85. The van der Waals surface area contributed by atoms with Crippen LogP contribution in [0.2, 0.25) is 25.2 Å². The standard InChI is InChI=1S/C28H36N6O4SSi.C20H20N6O2S/c1-16-8-10-17(11-9-16)39(36,37)33-13-12-20-26(33)29-15-21-31-32-25(34(20)21)18-14-19(30-27(35)38-28(2,3)4)23-22(18)24(23)40(5,6)7;1-11-2-4-12(5-3-11)29(27,28)25-7-6-17-20(25)22-10-18-23-24-19(26(17)18)15-9-16(21)14-8-13(14)15/h8-13,15,18-19,22-24H,14H2,1-7H3,(H,30,35);2-7,10,13-16H,8-9,21H2,1H3/t18-,19+,22+,23-,24?;13-,14+,15-,16+/m00/s1. The molecule has 18 nitrogen and oxygen atoms in total. The molecule has 9 atom stereocenters. The number of benzene rings is 2. The number of alkyl carbamates (subject to hydrolysis) is 1. The van der Waals surface area contributed by atoms with Crippen molar-refractivity contribution in [3.05, 3.63) is 108 Å². The molecule has 4 saturated carbocycles. The molecule has 21 heteroatoms. The summed E-state index contributed by atoms with van der Waals surface area (Å²) in [7, 11) is -9.14. The van der Waals surface area contributed by atoms with Gasteiger partial charge in [-0.25, -0.2) is 39.5 Å². The molecule has 360 valence electrons. The van der Waals surface area contributed by atoms with Gasteiger partial charge in [0.2, 0.25) is 0 Å². The van der Waals surface area contributed by atoms with Crippen LogP contribution in [0.15, 0.2) is 95.2 Å². The Morgan fingerprint density at radius 2 is 1.17 bits per heavy atom. The Bertz CT molecular complexity index is 3570. The van der Waals surface area contributed by atoms with E-state index in [2.05, 4.69) is 55.3 Å². The van der Waals surface area contributed by atoms with Crippen molar-refractivity contribution in [3.8, 4) is 0 Å². The van der Waals surface area contributed by atoms with E-state index in [1.54, 1.807) is 85.5 Å². The van der Waals surface area contributed by atoms with E-state index in [0.717, 1.165) is 42.0 Å². The van der Waals surface area contributed by atoms with E-state index in [1.165, 1.54) is 7.94 Å². The van der Waals surface area contributed by atoms with Gasteiger partial charge in [0, 0.05) is 44.4 Å². The van der Waals surface area contributed by atoms with Gasteiger partial charge in [-0.15, -0.1) is 20.4 Å². The first-order valence-electron chi connectivity index (χ1n) is 23.4. The van der Waals surface area contributed by atoms with Crippen LogP contribution < -0.4 is 11.1 Å². The summed E-state index contributed by atoms with van der Waals surface area (Å²) in [6, 6.07) is 17.3. The number of ether oxygens (including phenoxy) is 1. The highest BCUT2D eigenvalue weighted by molar-refractivity contribution is 7.90. The Balaban J connectivity index is 0.000000158. The number of carbonyl (C=O) groups excluding carboxylic acids is 1. The fraction of sp³-hybridized carbons (Fsp3) is 0.438. The van der Waals surface area contributed by atoms with Crippen molar-refractivity contribution < 1.29 is 26.4 Å². The van der Waals surface area contributed by atoms with Crippen molar-refractivity contribution in [2.24, 2.45) is 29.4 Å². The third-order valence-corrected chi connectivity index (χ3v) is 20.8. The zero-order chi connectivity index (χ0) is 48.7. The molecular weight excluding hydrogens is 933 g/mol. The van der Waals surface area contributed by atoms with Gasteiger partial charge in [-0.05, 0) is 119 Å². The van der Waals surface area contributed by atoms with Gasteiger partial charge in [-0.2, -0.15) is 0 Å². The number of hydrogen-bond donors (Lipinski definition) is 2. The van der Waals surface area contributed by atoms with Crippen LogP contribution in [0.1, 0.15) is 74.6 Å². The second-order valence-corrected chi connectivity index (χ2v) is 30.5. The van der Waals surface area contributed by atoms with Gasteiger partial charge in [-0.3, -0.25) is 8.80 Å². The average Bonchev–Trinajstić information content (AvgIpc) is 3.66. The Morgan fingerprint density at radius 3 is 1.61 bits per heavy atom. The molecule has 0 spiro atoms. The van der Waals surface area contributed by atoms with Crippen molar-refractivity contribution in [2.45, 2.75) is 118 Å². The normalized spacial score (nSPS) is 25.4. The van der Waals surface area contributed by atoms with E-state index in [4.69, 9.17) is 10.5 Å². The molecule has 69 heavy (non-hydrogen) atoms. The Labute approximate surface area is 400 Å². The largest absolute Gasteiger partial charge is 0.444 e. The smallest absolute Gasteiger partial charge is 0.407 e. The van der Waals surface area contributed by atoms with Gasteiger partial charge in [-0.1, -0.05) is 55.0 Å². The number of nitrogens with one attached hydrogen (secondary N) is 1. The number of aryl methyl sites for hydroxylation is 2. The van der Waals surface area contributed by atoms with E-state index >= 15 is 0 Å². The summed E-state index contributed by atoms with van der Waals surface area (Å²) in [6.45, 7) is 16.5. The van der Waals surface area contributed by atoms with E-state index < -0.39 is 39.8 Å². The molecule has 1 amide bonds. The van der Waals surface area contributed by atoms with Crippen molar-refractivity contribution >= 4 is 67.8 Å². The van der Waals surface area contributed by atoms with Crippen LogP contribution >= 0.6 is 0 Å². The van der Waals surface area contributed by atoms with E-state index in [0.29, 0.717) is 62.8 Å². The predicted molar refractivity (Wildman–Crippen MR) is 262 cm³/mol. The lowest BCUT2D eigenvalue weighted by molar-refractivity contribution is 0.0499. The summed E-state index contributed by atoms with van der Waals surface area (Å²) in [5.74, 6) is 3.85. The molecule has 3 N–H and O–H groups in total. The maximum absolute atomic E-state index is 13.5. The fourth-order valence-electron chi connectivity index (χ4n) is 11.6. The molecule has 0 radical (unpaired) electrons. The SMILES string of the molecule is Cc1ccc(S(=O)(=O)n2ccc3c2ncc2nnc([C@H]4C[C@@H](N)[C@@H]5C[C@@H]54)n23)cc1.Cc1ccc(S(=O)(=O)n2ccc3c2ncc2nnc([C@H]4C[C@@H](NC(=O)OC(C)(C)C)[C@@H]5C([Si](C)(C)C)[C@@H]54)n23)cc1. The Kier molecular flexibility index (Phi) is 10.4. The number of nitrogens with two attached hydrogens (primary N) is 1. The van der Waals surface area contributed by atoms with Crippen molar-refractivity contribution in [3.63, 3.8) is 0 Å². The number of fused-ring (bicyclic) bond motifs is 8. The van der Waals surface area contributed by atoms with Gasteiger partial charge in [0.1, 0.15) is 17.2 Å². The summed E-state index contributed by atoms with van der Waals surface area (Å²) >= 11 is 0. The molecule has 0 bridgehead atoms. The maximum Gasteiger partial charge on any atom is 0.407 e. The van der Waals surface area contributed by atoms with Crippen LogP contribution in [0.25, 0.3) is 33.6 Å². The third kappa shape index (κ3) is 7.62. The lowest BCUT2D eigenvalue weighted by atomic mass is 10.0. The third-order valence-electron chi connectivity index (χ3n) is 14.7. The molecule has 12 rings (SSSR count). The number of rotatable bonds is 8. The van der Waals surface area contributed by atoms with Crippen LogP contribution in [0, 0.1) is 37.5 Å². The summed E-state index contributed by atoms with van der Waals surface area (Å²) in [5, 5.41) is 20.9. The molecule has 6 aromatic heterocycles. The van der Waals surface area contributed by atoms with E-state index in [9.17, 15) is 21.6 Å². The molecular formula is C48H56N12O6S2Si. The van der Waals surface area contributed by atoms with Crippen molar-refractivity contribution in [1.29, 1.82) is 0 Å². The van der Waals surface area contributed by atoms with Crippen LogP contribution in [-0.4, -0.2) is 95.8 Å². The molecule has 6 heterocycles. The average molecular weight is 989 g/mol. The highest BCUT2D eigenvalue weighted by Gasteiger charge is 2.67. The van der Waals surface area contributed by atoms with Crippen LogP contribution in [0.3, 0.4) is 0 Å². The maximum atomic E-state index is 13.5. The van der Waals surface area contributed by atoms with Gasteiger partial charge in [0.25, 0.3) is 20.0 Å². The predicted octanol–water partition coefficient (Wildman–Crippen LogP) is 7.03. The number of nitrogens with zero attached hydrogens (tertiary/aromatic N) is 10. The summed E-state index contributed by atoms with van der Waals surface area (Å²) in [6.07, 6.45) is 8.61. The minimum Gasteiger partial charge on any atom is -0.444 e. The first kappa shape index (κ1) is 45.4. The first-order valence-corrected chi connectivity index (χ1v) is 29.9. The highest BCUT2D eigenvalue weighted by atomic mass is 32.2. The number of carbonyl (C=O) groups is 1. The molecule has 4 fully saturated rings. The van der Waals surface area contributed by atoms with Crippen molar-refractivity contribution in [2.75, 3.05) is 0 Å². The number of amides is 1. The van der Waals surface area contributed by atoms with Crippen LogP contribution in [-0.2, 0) is 24.8 Å². The lowest BCUT2D eigenvalue weighted by Crippen LogP contribution is -2.41. The molecule has 8 aromatic rings. The second kappa shape index (κ2) is 15.7. The van der Waals surface area contributed by atoms with Crippen LogP contribution in [0.4, 0.5) is 4.79 Å². The zero-order valence-corrected chi connectivity index (χ0v) is 42.3. The molecule has 0 saturated heterocycles. The monoisotopic (exact) mass is 988 g/mol. The Hall–Kier alpha value is -6.03. The molecule has 0 aliphatic heterocycles. The lowest BCUT2D eigenvalue weighted by Gasteiger charge is -2.27. The molecule has 4 aliphatic rings. The van der Waals surface area contributed by atoms with Gasteiger partial charge >= 0.3 is 6.09 Å². The minimum absolute atomic E-state index is 0.0160. The quantitative estimate of drug-likeness (QED) is 0.146. The molecule has 4 aliphatic carbocycles. The zero-order valence-electron chi connectivity index (χ0n) is 39.7. The van der Waals surface area contributed by atoms with E-state index in [-0.39, 0.29) is 33.7 Å². The summed E-state index contributed by atoms with van der Waals surface area (Å²) in [5.41, 5.74) is 11.4. The van der Waals surface area contributed by atoms with Crippen molar-refractivity contribution in [1.82, 2.24) is 52.4 Å². The Morgan fingerprint density at radius 1 is 0.681 bits per heavy atom. The van der Waals surface area contributed by atoms with Gasteiger partial charge in [0.05, 0.1) is 33.2 Å². The molecule has 1 unspecified atom stereocenters. The second-order valence-electron chi connectivity index (χ2n) is 21.5. The number of aromatic nitrogens is 10. The van der Waals surface area contributed by atoms with Gasteiger partial charge < -0.3 is 15.8 Å². The summed E-state index contributed by atoms with van der Waals surface area (Å²) < 4.78 is 65.4. The number of hydrogen-bond acceptors (Lipinski definition) is 13. The molecule has 2 aromatic carbocycles. The summed E-state index contributed by atoms with van der Waals surface area (Å²) in [4.78, 5) is 22.0. The van der Waals surface area contributed by atoms with Crippen LogP contribution in [0.5, 0.6) is 0 Å².